The lowest BCUT2D eigenvalue weighted by molar-refractivity contribution is 0.518. The topological polar surface area (TPSA) is 43.1 Å². The number of thiophene rings is 1. The maximum Gasteiger partial charge on any atom is 0.348 e. The van der Waals surface area contributed by atoms with Crippen molar-refractivity contribution in [2.24, 2.45) is 0 Å². The normalized spacial score (nSPS) is 13.8. The van der Waals surface area contributed by atoms with Crippen LogP contribution in [0.4, 0.5) is 4.39 Å². The lowest BCUT2D eigenvalue weighted by Gasteiger charge is -1.99. The predicted octanol–water partition coefficient (Wildman–Crippen LogP) is 3.54. The average molecular weight is 287 g/mol. The summed E-state index contributed by atoms with van der Waals surface area (Å²) >= 11 is 1.57. The molecule has 2 aromatic heterocycles. The van der Waals surface area contributed by atoms with E-state index in [-0.39, 0.29) is 17.3 Å². The standard InChI is InChI=1S/C15H10FNO2S/c16-9-6-4-8(5-7-9)13-17-14-12(15(18)19-13)10-2-1-3-11(10)20-14/h4-7H,1-3H2. The third kappa shape index (κ3) is 1.70. The molecule has 3 aromatic rings. The molecule has 4 rings (SSSR count). The summed E-state index contributed by atoms with van der Waals surface area (Å²) < 4.78 is 18.3. The number of fused-ring (bicyclic) bond motifs is 3. The third-order valence-electron chi connectivity index (χ3n) is 3.59. The molecule has 0 aliphatic heterocycles. The summed E-state index contributed by atoms with van der Waals surface area (Å²) in [4.78, 5) is 18.6. The van der Waals surface area contributed by atoms with Crippen molar-refractivity contribution >= 4 is 21.6 Å². The van der Waals surface area contributed by atoms with Crippen molar-refractivity contribution in [2.75, 3.05) is 0 Å². The summed E-state index contributed by atoms with van der Waals surface area (Å²) in [6.07, 6.45) is 3.04. The van der Waals surface area contributed by atoms with Gasteiger partial charge in [-0.2, -0.15) is 0 Å². The Hall–Kier alpha value is -2.01. The third-order valence-corrected chi connectivity index (χ3v) is 4.78. The Bertz CT molecular complexity index is 864. The minimum absolute atomic E-state index is 0.252. The molecule has 0 atom stereocenters. The minimum Gasteiger partial charge on any atom is -0.403 e. The quantitative estimate of drug-likeness (QED) is 0.687. The summed E-state index contributed by atoms with van der Waals surface area (Å²) in [7, 11) is 0. The Morgan fingerprint density at radius 2 is 2.00 bits per heavy atom. The number of nitrogens with zero attached hydrogens (tertiary/aromatic N) is 1. The maximum absolute atomic E-state index is 12.9. The second-order valence-corrected chi connectivity index (χ2v) is 5.93. The second kappa shape index (κ2) is 4.24. The monoisotopic (exact) mass is 287 g/mol. The second-order valence-electron chi connectivity index (χ2n) is 4.85. The zero-order valence-electron chi connectivity index (χ0n) is 10.5. The van der Waals surface area contributed by atoms with Crippen molar-refractivity contribution in [2.45, 2.75) is 19.3 Å². The highest BCUT2D eigenvalue weighted by Gasteiger charge is 2.22. The first-order valence-corrected chi connectivity index (χ1v) is 7.25. The van der Waals surface area contributed by atoms with E-state index in [9.17, 15) is 9.18 Å². The van der Waals surface area contributed by atoms with Gasteiger partial charge in [0.2, 0.25) is 5.89 Å². The summed E-state index contributed by atoms with van der Waals surface area (Å²) in [6, 6.07) is 5.78. The molecule has 1 aromatic carbocycles. The van der Waals surface area contributed by atoms with Crippen LogP contribution in [0.1, 0.15) is 16.9 Å². The van der Waals surface area contributed by atoms with E-state index in [1.807, 2.05) is 0 Å². The molecule has 100 valence electrons. The minimum atomic E-state index is -0.339. The van der Waals surface area contributed by atoms with E-state index < -0.39 is 0 Å². The van der Waals surface area contributed by atoms with Gasteiger partial charge in [-0.05, 0) is 49.1 Å². The number of halogens is 1. The van der Waals surface area contributed by atoms with E-state index in [4.69, 9.17) is 4.42 Å². The van der Waals surface area contributed by atoms with Crippen LogP contribution in [-0.2, 0) is 12.8 Å². The molecule has 5 heteroatoms. The van der Waals surface area contributed by atoms with Gasteiger partial charge < -0.3 is 4.42 Å². The highest BCUT2D eigenvalue weighted by atomic mass is 32.1. The van der Waals surface area contributed by atoms with Crippen molar-refractivity contribution < 1.29 is 8.81 Å². The van der Waals surface area contributed by atoms with E-state index in [1.54, 1.807) is 23.5 Å². The molecule has 1 aliphatic rings. The molecule has 0 amide bonds. The van der Waals surface area contributed by atoms with Crippen LogP contribution in [-0.4, -0.2) is 4.98 Å². The Balaban J connectivity index is 1.95. The molecule has 3 nitrogen and oxygen atoms in total. The van der Waals surface area contributed by atoms with E-state index in [2.05, 4.69) is 4.98 Å². The van der Waals surface area contributed by atoms with Gasteiger partial charge in [0.1, 0.15) is 16.0 Å². The van der Waals surface area contributed by atoms with E-state index in [1.165, 1.54) is 17.0 Å². The molecule has 0 fully saturated rings. The van der Waals surface area contributed by atoms with Crippen molar-refractivity contribution in [1.29, 1.82) is 0 Å². The smallest absolute Gasteiger partial charge is 0.348 e. The maximum atomic E-state index is 12.9. The zero-order chi connectivity index (χ0) is 13.7. The van der Waals surface area contributed by atoms with Gasteiger partial charge in [0.15, 0.2) is 0 Å². The van der Waals surface area contributed by atoms with Gasteiger partial charge in [0.25, 0.3) is 0 Å². The fourth-order valence-electron chi connectivity index (χ4n) is 2.65. The van der Waals surface area contributed by atoms with Gasteiger partial charge in [0.05, 0.1) is 0 Å². The number of aromatic nitrogens is 1. The number of benzene rings is 1. The summed E-state index contributed by atoms with van der Waals surface area (Å²) in [5, 5.41) is 0.633. The lowest BCUT2D eigenvalue weighted by Crippen LogP contribution is -2.03. The van der Waals surface area contributed by atoms with Gasteiger partial charge in [-0.3, -0.25) is 0 Å². The van der Waals surface area contributed by atoms with Crippen LogP contribution in [0, 0.1) is 5.82 Å². The van der Waals surface area contributed by atoms with Crippen LogP contribution >= 0.6 is 11.3 Å². The molecule has 0 saturated carbocycles. The van der Waals surface area contributed by atoms with Gasteiger partial charge in [0, 0.05) is 10.4 Å². The van der Waals surface area contributed by atoms with Gasteiger partial charge in [-0.25, -0.2) is 14.2 Å². The molecule has 0 unspecified atom stereocenters. The average Bonchev–Trinajstić information content (AvgIpc) is 2.99. The molecule has 0 bridgehead atoms. The molecule has 20 heavy (non-hydrogen) atoms. The first kappa shape index (κ1) is 11.8. The van der Waals surface area contributed by atoms with Crippen LogP contribution in [0.15, 0.2) is 33.5 Å². The molecule has 0 radical (unpaired) electrons. The first-order chi connectivity index (χ1) is 9.72. The van der Waals surface area contributed by atoms with Crippen molar-refractivity contribution in [3.8, 4) is 11.5 Å². The molecule has 1 aliphatic carbocycles. The number of hydrogen-bond donors (Lipinski definition) is 0. The van der Waals surface area contributed by atoms with E-state index >= 15 is 0 Å². The molecular weight excluding hydrogens is 277 g/mol. The Labute approximate surface area is 117 Å². The summed E-state index contributed by atoms with van der Waals surface area (Å²) in [5.41, 5.74) is 1.38. The van der Waals surface area contributed by atoms with Gasteiger partial charge in [-0.15, -0.1) is 11.3 Å². The van der Waals surface area contributed by atoms with Crippen LogP contribution in [0.3, 0.4) is 0 Å². The predicted molar refractivity (Wildman–Crippen MR) is 75.6 cm³/mol. The van der Waals surface area contributed by atoms with Gasteiger partial charge >= 0.3 is 5.63 Å². The molecule has 0 N–H and O–H groups in total. The number of rotatable bonds is 1. The van der Waals surface area contributed by atoms with Crippen LogP contribution in [0.25, 0.3) is 21.7 Å². The molecular formula is C15H10FNO2S. The highest BCUT2D eigenvalue weighted by Crippen LogP contribution is 2.35. The summed E-state index contributed by atoms with van der Waals surface area (Å²) in [6.45, 7) is 0. The first-order valence-electron chi connectivity index (χ1n) is 6.44. The SMILES string of the molecule is O=c1oc(-c2ccc(F)cc2)nc2sc3c(c12)CCC3. The van der Waals surface area contributed by atoms with Crippen LogP contribution < -0.4 is 5.63 Å². The largest absolute Gasteiger partial charge is 0.403 e. The number of aryl methyl sites for hydroxylation is 2. The van der Waals surface area contributed by atoms with E-state index in [0.717, 1.165) is 29.7 Å². The van der Waals surface area contributed by atoms with E-state index in [0.29, 0.717) is 10.9 Å². The summed E-state index contributed by atoms with van der Waals surface area (Å²) in [5.74, 6) is -0.0744. The molecule has 0 spiro atoms. The van der Waals surface area contributed by atoms with Crippen molar-refractivity contribution in [1.82, 2.24) is 4.98 Å². The fourth-order valence-corrected chi connectivity index (χ4v) is 3.89. The van der Waals surface area contributed by atoms with Crippen molar-refractivity contribution in [3.63, 3.8) is 0 Å². The Kier molecular flexibility index (Phi) is 2.50. The lowest BCUT2D eigenvalue weighted by atomic mass is 10.2. The number of hydrogen-bond acceptors (Lipinski definition) is 4. The van der Waals surface area contributed by atoms with Crippen molar-refractivity contribution in [3.05, 3.63) is 50.9 Å². The fraction of sp³-hybridized carbons (Fsp3) is 0.200. The van der Waals surface area contributed by atoms with Crippen LogP contribution in [0.5, 0.6) is 0 Å². The highest BCUT2D eigenvalue weighted by molar-refractivity contribution is 7.18. The van der Waals surface area contributed by atoms with Crippen LogP contribution in [0.2, 0.25) is 0 Å². The Morgan fingerprint density at radius 3 is 2.80 bits per heavy atom. The molecule has 0 saturated heterocycles. The Morgan fingerprint density at radius 1 is 1.20 bits per heavy atom. The molecule has 2 heterocycles. The zero-order valence-corrected chi connectivity index (χ0v) is 11.3. The van der Waals surface area contributed by atoms with Gasteiger partial charge in [-0.1, -0.05) is 0 Å².